The summed E-state index contributed by atoms with van der Waals surface area (Å²) in [5.41, 5.74) is 0.435. The van der Waals surface area contributed by atoms with E-state index in [2.05, 4.69) is 21.2 Å². The first-order chi connectivity index (χ1) is 8.25. The van der Waals surface area contributed by atoms with E-state index in [4.69, 9.17) is 0 Å². The van der Waals surface area contributed by atoms with Crippen molar-refractivity contribution in [1.82, 2.24) is 5.32 Å². The molecule has 0 aliphatic heterocycles. The standard InChI is InChI=1S/C12H15BrN2O3/c1-8(16)14-7-12(2,3)9-5-4-6-10(11(9)13)15(17)18/h4-6H,7H2,1-3H3,(H,14,16). The molecule has 0 unspecified atom stereocenters. The Bertz CT molecular complexity index is 486. The van der Waals surface area contributed by atoms with Gasteiger partial charge in [0.2, 0.25) is 5.91 Å². The van der Waals surface area contributed by atoms with Crippen LogP contribution in [0.5, 0.6) is 0 Å². The quantitative estimate of drug-likeness (QED) is 0.686. The van der Waals surface area contributed by atoms with Crippen LogP contribution in [0.3, 0.4) is 0 Å². The van der Waals surface area contributed by atoms with Gasteiger partial charge >= 0.3 is 0 Å². The predicted molar refractivity (Wildman–Crippen MR) is 72.5 cm³/mol. The van der Waals surface area contributed by atoms with E-state index >= 15 is 0 Å². The van der Waals surface area contributed by atoms with Crippen LogP contribution in [0.25, 0.3) is 0 Å². The van der Waals surface area contributed by atoms with E-state index in [1.165, 1.54) is 13.0 Å². The molecule has 1 rings (SSSR count). The molecule has 0 heterocycles. The number of nitro groups is 1. The lowest BCUT2D eigenvalue weighted by atomic mass is 9.84. The number of halogens is 1. The molecule has 0 saturated carbocycles. The molecule has 1 N–H and O–H groups in total. The molecule has 0 radical (unpaired) electrons. The summed E-state index contributed by atoms with van der Waals surface area (Å²) >= 11 is 3.27. The molecular weight excluding hydrogens is 300 g/mol. The summed E-state index contributed by atoms with van der Waals surface area (Å²) in [7, 11) is 0. The van der Waals surface area contributed by atoms with Gasteiger partial charge in [-0.3, -0.25) is 14.9 Å². The summed E-state index contributed by atoms with van der Waals surface area (Å²) in [4.78, 5) is 21.4. The molecule has 0 bridgehead atoms. The van der Waals surface area contributed by atoms with Crippen molar-refractivity contribution in [2.45, 2.75) is 26.2 Å². The monoisotopic (exact) mass is 314 g/mol. The van der Waals surface area contributed by atoms with Crippen LogP contribution in [-0.4, -0.2) is 17.4 Å². The first kappa shape index (κ1) is 14.6. The Hall–Kier alpha value is -1.43. The third-order valence-corrected chi connectivity index (χ3v) is 3.52. The smallest absolute Gasteiger partial charge is 0.283 e. The molecule has 18 heavy (non-hydrogen) atoms. The second-order valence-corrected chi connectivity index (χ2v) is 5.48. The number of amides is 1. The number of nitro benzene ring substituents is 1. The van der Waals surface area contributed by atoms with Gasteiger partial charge in [-0.2, -0.15) is 0 Å². The molecule has 6 heteroatoms. The molecule has 0 aromatic heterocycles. The van der Waals surface area contributed by atoms with Gasteiger partial charge < -0.3 is 5.32 Å². The summed E-state index contributed by atoms with van der Waals surface area (Å²) in [6, 6.07) is 4.91. The Kier molecular flexibility index (Phi) is 4.45. The molecule has 98 valence electrons. The van der Waals surface area contributed by atoms with Gasteiger partial charge in [-0.15, -0.1) is 0 Å². The van der Waals surface area contributed by atoms with Crippen molar-refractivity contribution in [3.63, 3.8) is 0 Å². The van der Waals surface area contributed by atoms with Crippen molar-refractivity contribution < 1.29 is 9.72 Å². The fourth-order valence-electron chi connectivity index (χ4n) is 1.62. The van der Waals surface area contributed by atoms with Gasteiger partial charge in [-0.25, -0.2) is 0 Å². The lowest BCUT2D eigenvalue weighted by Gasteiger charge is -2.26. The Labute approximate surface area is 114 Å². The average Bonchev–Trinajstić information content (AvgIpc) is 2.26. The van der Waals surface area contributed by atoms with E-state index in [0.29, 0.717) is 11.0 Å². The number of carbonyl (C=O) groups excluding carboxylic acids is 1. The van der Waals surface area contributed by atoms with Gasteiger partial charge in [-0.05, 0) is 21.5 Å². The van der Waals surface area contributed by atoms with Crippen molar-refractivity contribution in [1.29, 1.82) is 0 Å². The van der Waals surface area contributed by atoms with E-state index in [9.17, 15) is 14.9 Å². The minimum atomic E-state index is -0.429. The summed E-state index contributed by atoms with van der Waals surface area (Å²) in [5, 5.41) is 13.6. The maximum Gasteiger partial charge on any atom is 0.283 e. The average molecular weight is 315 g/mol. The number of nitrogens with one attached hydrogen (secondary N) is 1. The molecule has 0 aliphatic rings. The van der Waals surface area contributed by atoms with Crippen LogP contribution in [-0.2, 0) is 10.2 Å². The molecule has 0 fully saturated rings. The van der Waals surface area contributed by atoms with Crippen LogP contribution in [0, 0.1) is 10.1 Å². The predicted octanol–water partition coefficient (Wildman–Crippen LogP) is 2.77. The SMILES string of the molecule is CC(=O)NCC(C)(C)c1cccc([N+](=O)[O-])c1Br. The minimum Gasteiger partial charge on any atom is -0.355 e. The molecule has 1 aromatic rings. The fourth-order valence-corrected chi connectivity index (χ4v) is 2.57. The number of nitrogens with zero attached hydrogens (tertiary/aromatic N) is 1. The Morgan fingerprint density at radius 1 is 1.50 bits per heavy atom. The molecule has 5 nitrogen and oxygen atoms in total. The second-order valence-electron chi connectivity index (χ2n) is 4.69. The third kappa shape index (κ3) is 3.29. The van der Waals surface area contributed by atoms with Gasteiger partial charge in [0.15, 0.2) is 0 Å². The topological polar surface area (TPSA) is 72.2 Å². The first-order valence-electron chi connectivity index (χ1n) is 5.43. The van der Waals surface area contributed by atoms with Gasteiger partial charge in [0.25, 0.3) is 5.69 Å². The lowest BCUT2D eigenvalue weighted by Crippen LogP contribution is -2.35. The van der Waals surface area contributed by atoms with Gasteiger partial charge in [0, 0.05) is 24.9 Å². The minimum absolute atomic E-state index is 0.0309. The highest BCUT2D eigenvalue weighted by atomic mass is 79.9. The number of hydrogen-bond donors (Lipinski definition) is 1. The first-order valence-corrected chi connectivity index (χ1v) is 6.23. The molecule has 0 saturated heterocycles. The Balaban J connectivity index is 3.12. The molecule has 1 amide bonds. The zero-order valence-electron chi connectivity index (χ0n) is 10.5. The Morgan fingerprint density at radius 3 is 2.61 bits per heavy atom. The Morgan fingerprint density at radius 2 is 2.11 bits per heavy atom. The molecule has 1 aromatic carbocycles. The molecule has 0 atom stereocenters. The second kappa shape index (κ2) is 5.48. The summed E-state index contributed by atoms with van der Waals surface area (Å²) in [6.45, 7) is 5.71. The molecule has 0 aliphatic carbocycles. The van der Waals surface area contributed by atoms with Crippen LogP contribution < -0.4 is 5.32 Å². The van der Waals surface area contributed by atoms with Crippen molar-refractivity contribution in [3.8, 4) is 0 Å². The maximum atomic E-state index is 11.0. The van der Waals surface area contributed by atoms with Crippen molar-refractivity contribution in [2.75, 3.05) is 6.54 Å². The fraction of sp³-hybridized carbons (Fsp3) is 0.417. The largest absolute Gasteiger partial charge is 0.355 e. The van der Waals surface area contributed by atoms with Crippen LogP contribution in [0.4, 0.5) is 5.69 Å². The molecule has 0 spiro atoms. The van der Waals surface area contributed by atoms with E-state index < -0.39 is 10.3 Å². The van der Waals surface area contributed by atoms with E-state index in [0.717, 1.165) is 5.56 Å². The number of carbonyl (C=O) groups is 1. The lowest BCUT2D eigenvalue weighted by molar-refractivity contribution is -0.385. The number of hydrogen-bond acceptors (Lipinski definition) is 3. The van der Waals surface area contributed by atoms with E-state index in [1.54, 1.807) is 6.07 Å². The van der Waals surface area contributed by atoms with Crippen LogP contribution in [0.2, 0.25) is 0 Å². The number of benzene rings is 1. The summed E-state index contributed by atoms with van der Waals surface area (Å²) < 4.78 is 0.463. The third-order valence-electron chi connectivity index (χ3n) is 2.68. The van der Waals surface area contributed by atoms with Crippen LogP contribution in [0.15, 0.2) is 22.7 Å². The highest BCUT2D eigenvalue weighted by Gasteiger charge is 2.27. The van der Waals surface area contributed by atoms with Crippen LogP contribution >= 0.6 is 15.9 Å². The normalized spacial score (nSPS) is 11.1. The summed E-state index contributed by atoms with van der Waals surface area (Å²) in [6.07, 6.45) is 0. The zero-order valence-corrected chi connectivity index (χ0v) is 12.1. The van der Waals surface area contributed by atoms with E-state index in [1.807, 2.05) is 19.9 Å². The van der Waals surface area contributed by atoms with Crippen LogP contribution in [0.1, 0.15) is 26.3 Å². The van der Waals surface area contributed by atoms with E-state index in [-0.39, 0.29) is 11.6 Å². The summed E-state index contributed by atoms with van der Waals surface area (Å²) in [5.74, 6) is -0.121. The van der Waals surface area contributed by atoms with Gasteiger partial charge in [-0.1, -0.05) is 26.0 Å². The van der Waals surface area contributed by atoms with Crippen molar-refractivity contribution >= 4 is 27.5 Å². The van der Waals surface area contributed by atoms with Crippen molar-refractivity contribution in [2.24, 2.45) is 0 Å². The highest BCUT2D eigenvalue weighted by Crippen LogP contribution is 2.35. The maximum absolute atomic E-state index is 11.0. The van der Waals surface area contributed by atoms with Gasteiger partial charge in [0.05, 0.1) is 9.40 Å². The zero-order chi connectivity index (χ0) is 13.9. The van der Waals surface area contributed by atoms with Gasteiger partial charge in [0.1, 0.15) is 0 Å². The van der Waals surface area contributed by atoms with Crippen molar-refractivity contribution in [3.05, 3.63) is 38.3 Å². The number of rotatable bonds is 4. The molecular formula is C12H15BrN2O3. The highest BCUT2D eigenvalue weighted by molar-refractivity contribution is 9.10.